The second kappa shape index (κ2) is 17.7. The summed E-state index contributed by atoms with van der Waals surface area (Å²) in [6, 6.07) is 27.3. The van der Waals surface area contributed by atoms with Gasteiger partial charge in [-0.3, -0.25) is 9.79 Å². The Morgan fingerprint density at radius 1 is 0.810 bits per heavy atom. The smallest absolute Gasteiger partial charge is 0.306 e. The molecule has 0 unspecified atom stereocenters. The van der Waals surface area contributed by atoms with E-state index in [1.165, 1.54) is 79.3 Å². The molecule has 0 N–H and O–H groups in total. The standard InChI is InChI=1S/C54H69NO3/c1-37(2)14-13-15-38(3)49-27-28-50-47-26-21-41-35-44(29-31-53(41,4)51(47)30-32-54(49,50)5)58-52(56)20-7-6-12-33-57-43-24-22-42(23-25-43)55-36-48-45-18-10-8-16-39(45)34-40-17-9-11-19-46(40)48/h8-11,16-19,21-25,34,36-38,44,47,49-51H,6-7,12-15,20,26-33,35H2,1-5H3/t38-,44+,47+,49-,50+,51+,53+,54-/m1/s1. The number of aliphatic imine (C=N–C) groups is 1. The molecule has 4 aromatic rings. The third-order valence-electron chi connectivity index (χ3n) is 15.8. The second-order valence-electron chi connectivity index (χ2n) is 19.8. The van der Waals surface area contributed by atoms with Gasteiger partial charge in [0, 0.05) is 24.6 Å². The predicted octanol–water partition coefficient (Wildman–Crippen LogP) is 14.6. The van der Waals surface area contributed by atoms with Crippen LogP contribution in [0.3, 0.4) is 0 Å². The van der Waals surface area contributed by atoms with E-state index < -0.39 is 0 Å². The van der Waals surface area contributed by atoms with Crippen LogP contribution in [-0.4, -0.2) is 24.9 Å². The molecule has 0 bridgehead atoms. The summed E-state index contributed by atoms with van der Waals surface area (Å²) in [4.78, 5) is 17.8. The van der Waals surface area contributed by atoms with Crippen LogP contribution < -0.4 is 4.74 Å². The van der Waals surface area contributed by atoms with Gasteiger partial charge in [0.25, 0.3) is 0 Å². The van der Waals surface area contributed by atoms with Gasteiger partial charge in [0.15, 0.2) is 0 Å². The number of carbonyl (C=O) groups is 1. The van der Waals surface area contributed by atoms with E-state index in [0.29, 0.717) is 18.4 Å². The number of benzene rings is 4. The molecular formula is C54H69NO3. The van der Waals surface area contributed by atoms with Crippen molar-refractivity contribution in [2.75, 3.05) is 6.61 Å². The summed E-state index contributed by atoms with van der Waals surface area (Å²) in [7, 11) is 0. The molecule has 0 amide bonds. The average Bonchev–Trinajstić information content (AvgIpc) is 3.58. The van der Waals surface area contributed by atoms with Gasteiger partial charge in [-0.1, -0.05) is 114 Å². The van der Waals surface area contributed by atoms with Crippen LogP contribution in [0.4, 0.5) is 5.69 Å². The fraction of sp³-hybridized carbons (Fsp3) is 0.556. The van der Waals surface area contributed by atoms with E-state index in [1.54, 1.807) is 5.57 Å². The molecule has 0 radical (unpaired) electrons. The number of ether oxygens (including phenoxy) is 2. The highest BCUT2D eigenvalue weighted by atomic mass is 16.5. The molecule has 0 heterocycles. The molecule has 0 aliphatic heterocycles. The van der Waals surface area contributed by atoms with E-state index in [9.17, 15) is 4.79 Å². The van der Waals surface area contributed by atoms with Crippen LogP contribution in [0.5, 0.6) is 5.75 Å². The molecule has 3 fully saturated rings. The lowest BCUT2D eigenvalue weighted by molar-refractivity contribution is -0.151. The molecule has 8 rings (SSSR count). The summed E-state index contributed by atoms with van der Waals surface area (Å²) in [6.07, 6.45) is 22.1. The lowest BCUT2D eigenvalue weighted by Crippen LogP contribution is -2.51. The topological polar surface area (TPSA) is 47.9 Å². The molecule has 0 saturated heterocycles. The van der Waals surface area contributed by atoms with Crippen LogP contribution in [0.2, 0.25) is 0 Å². The Bertz CT molecular complexity index is 2040. The maximum atomic E-state index is 13.0. The van der Waals surface area contributed by atoms with Crippen LogP contribution in [0.25, 0.3) is 21.5 Å². The number of rotatable bonds is 15. The van der Waals surface area contributed by atoms with E-state index in [4.69, 9.17) is 14.5 Å². The van der Waals surface area contributed by atoms with Crippen molar-refractivity contribution < 1.29 is 14.3 Å². The van der Waals surface area contributed by atoms with Gasteiger partial charge in [-0.05, 0) is 162 Å². The minimum atomic E-state index is -0.0237. The number of allylic oxidation sites excluding steroid dienone is 1. The molecule has 3 saturated carbocycles. The first-order valence-corrected chi connectivity index (χ1v) is 23.2. The Kier molecular flexibility index (Phi) is 12.5. The summed E-state index contributed by atoms with van der Waals surface area (Å²) in [5.41, 5.74) is 4.45. The average molecular weight is 780 g/mol. The zero-order valence-electron chi connectivity index (χ0n) is 36.2. The number of carbonyl (C=O) groups excluding carboxylic acids is 1. The lowest BCUT2D eigenvalue weighted by Gasteiger charge is -2.58. The summed E-state index contributed by atoms with van der Waals surface area (Å²) < 4.78 is 12.2. The van der Waals surface area contributed by atoms with Crippen molar-refractivity contribution in [2.24, 2.45) is 51.3 Å². The largest absolute Gasteiger partial charge is 0.494 e. The summed E-state index contributed by atoms with van der Waals surface area (Å²) in [5.74, 6) is 5.92. The van der Waals surface area contributed by atoms with Crippen molar-refractivity contribution in [3.8, 4) is 5.75 Å². The highest BCUT2D eigenvalue weighted by molar-refractivity contribution is 6.13. The van der Waals surface area contributed by atoms with Crippen LogP contribution in [0, 0.1) is 46.3 Å². The first-order valence-electron chi connectivity index (χ1n) is 23.2. The maximum Gasteiger partial charge on any atom is 0.306 e. The minimum Gasteiger partial charge on any atom is -0.494 e. The van der Waals surface area contributed by atoms with Crippen molar-refractivity contribution in [2.45, 2.75) is 137 Å². The molecular weight excluding hydrogens is 711 g/mol. The number of unbranched alkanes of at least 4 members (excludes halogenated alkanes) is 2. The van der Waals surface area contributed by atoms with Gasteiger partial charge in [0.05, 0.1) is 12.3 Å². The van der Waals surface area contributed by atoms with E-state index in [2.05, 4.69) is 95.3 Å². The molecule has 58 heavy (non-hydrogen) atoms. The lowest BCUT2D eigenvalue weighted by atomic mass is 9.47. The quantitative estimate of drug-likeness (QED) is 0.0397. The number of hydrogen-bond acceptors (Lipinski definition) is 4. The van der Waals surface area contributed by atoms with Gasteiger partial charge in [0.1, 0.15) is 11.9 Å². The van der Waals surface area contributed by atoms with E-state index in [-0.39, 0.29) is 17.5 Å². The molecule has 4 aromatic carbocycles. The molecule has 0 spiro atoms. The SMILES string of the molecule is CC(C)CCC[C@@H](C)[C@H]1CC[C@H]2[C@@H]3CC=C4C[C@@H](OC(=O)CCCCCOc5ccc(N=Cc6c7ccccc7cc7ccccc67)cc5)CC[C@]4(C)[C@H]3CC[C@]12C. The predicted molar refractivity (Wildman–Crippen MR) is 242 cm³/mol. The van der Waals surface area contributed by atoms with Crippen LogP contribution in [0.1, 0.15) is 136 Å². The van der Waals surface area contributed by atoms with Gasteiger partial charge in [0.2, 0.25) is 0 Å². The second-order valence-corrected chi connectivity index (χ2v) is 19.8. The summed E-state index contributed by atoms with van der Waals surface area (Å²) in [6.45, 7) is 13.2. The van der Waals surface area contributed by atoms with Gasteiger partial charge in [-0.2, -0.15) is 0 Å². The molecule has 4 nitrogen and oxygen atoms in total. The Balaban J connectivity index is 0.758. The first-order chi connectivity index (χ1) is 28.1. The molecule has 4 aliphatic rings. The summed E-state index contributed by atoms with van der Waals surface area (Å²) in [5, 5.41) is 4.85. The van der Waals surface area contributed by atoms with Crippen molar-refractivity contribution >= 4 is 39.4 Å². The fourth-order valence-corrected chi connectivity index (χ4v) is 12.7. The molecule has 4 heteroatoms. The van der Waals surface area contributed by atoms with Crippen LogP contribution in [-0.2, 0) is 9.53 Å². The first kappa shape index (κ1) is 40.8. The van der Waals surface area contributed by atoms with Crippen LogP contribution in [0.15, 0.2) is 95.5 Å². The van der Waals surface area contributed by atoms with Crippen LogP contribution >= 0.6 is 0 Å². The Hall–Kier alpha value is -3.92. The Morgan fingerprint density at radius 3 is 2.29 bits per heavy atom. The molecule has 0 aromatic heterocycles. The third kappa shape index (κ3) is 8.55. The van der Waals surface area contributed by atoms with E-state index in [0.717, 1.165) is 84.6 Å². The number of nitrogens with zero attached hydrogens (tertiary/aromatic N) is 1. The van der Waals surface area contributed by atoms with Crippen molar-refractivity contribution in [3.05, 3.63) is 96.1 Å². The van der Waals surface area contributed by atoms with Gasteiger partial charge >= 0.3 is 5.97 Å². The monoisotopic (exact) mass is 780 g/mol. The van der Waals surface area contributed by atoms with Gasteiger partial charge in [-0.25, -0.2) is 0 Å². The zero-order valence-corrected chi connectivity index (χ0v) is 36.2. The third-order valence-corrected chi connectivity index (χ3v) is 15.8. The number of hydrogen-bond donors (Lipinski definition) is 0. The molecule has 8 atom stereocenters. The maximum absolute atomic E-state index is 13.0. The van der Waals surface area contributed by atoms with E-state index >= 15 is 0 Å². The molecule has 308 valence electrons. The Morgan fingerprint density at radius 2 is 1.55 bits per heavy atom. The summed E-state index contributed by atoms with van der Waals surface area (Å²) >= 11 is 0. The number of fused-ring (bicyclic) bond motifs is 7. The van der Waals surface area contributed by atoms with E-state index in [1.807, 2.05) is 30.5 Å². The van der Waals surface area contributed by atoms with Gasteiger partial charge < -0.3 is 9.47 Å². The fourth-order valence-electron chi connectivity index (χ4n) is 12.7. The van der Waals surface area contributed by atoms with Crippen molar-refractivity contribution in [1.82, 2.24) is 0 Å². The minimum absolute atomic E-state index is 0.0237. The highest BCUT2D eigenvalue weighted by Crippen LogP contribution is 2.67. The normalized spacial score (nSPS) is 28.6. The number of esters is 1. The zero-order chi connectivity index (χ0) is 40.3. The highest BCUT2D eigenvalue weighted by Gasteiger charge is 2.59. The van der Waals surface area contributed by atoms with Crippen molar-refractivity contribution in [1.29, 1.82) is 0 Å². The molecule has 4 aliphatic carbocycles. The van der Waals surface area contributed by atoms with Crippen molar-refractivity contribution in [3.63, 3.8) is 0 Å². The van der Waals surface area contributed by atoms with Gasteiger partial charge in [-0.15, -0.1) is 0 Å². The Labute approximate surface area is 349 Å².